The highest BCUT2D eigenvalue weighted by atomic mass is 35.5. The summed E-state index contributed by atoms with van der Waals surface area (Å²) in [5.74, 6) is 0.215. The molecule has 0 saturated carbocycles. The highest BCUT2D eigenvalue weighted by Crippen LogP contribution is 2.16. The van der Waals surface area contributed by atoms with Gasteiger partial charge in [0.15, 0.2) is 0 Å². The number of thiol groups is 2. The highest BCUT2D eigenvalue weighted by molar-refractivity contribution is 7.80. The number of aliphatic hydroxyl groups excluding tert-OH is 1. The molecule has 0 fully saturated rings. The van der Waals surface area contributed by atoms with Crippen molar-refractivity contribution in [3.05, 3.63) is 0 Å². The Morgan fingerprint density at radius 2 is 1.81 bits per heavy atom. The second-order valence-electron chi connectivity index (χ2n) is 5.33. The van der Waals surface area contributed by atoms with E-state index >= 15 is 0 Å². The number of carbonyl (C=O) groups excluding carboxylic acids is 2. The Balaban J connectivity index is 0. The zero-order valence-electron chi connectivity index (χ0n) is 12.6. The molecule has 0 aliphatic rings. The van der Waals surface area contributed by atoms with Crippen molar-refractivity contribution in [2.24, 2.45) is 5.41 Å². The standard InChI is InChI=1S/C13H26N2O3S2.ClH/c1-13(2,9-20)12(18)15-10(8-19)11(17)14-6-4-3-5-7-16;/h10,16,19-20H,3-9H2,1-2H3,(H,14,17)(H,15,18);1H/t10-;/m0./s1. The minimum atomic E-state index is -0.636. The van der Waals surface area contributed by atoms with Crippen LogP contribution in [0.2, 0.25) is 0 Å². The third kappa shape index (κ3) is 9.50. The van der Waals surface area contributed by atoms with E-state index < -0.39 is 11.5 Å². The van der Waals surface area contributed by atoms with Gasteiger partial charge in [0.05, 0.1) is 5.41 Å². The predicted octanol–water partition coefficient (Wildman–Crippen LogP) is 1.06. The van der Waals surface area contributed by atoms with Gasteiger partial charge in [0.1, 0.15) is 6.04 Å². The molecule has 3 N–H and O–H groups in total. The van der Waals surface area contributed by atoms with Crippen LogP contribution >= 0.6 is 37.7 Å². The molecule has 0 spiro atoms. The van der Waals surface area contributed by atoms with E-state index in [1.807, 2.05) is 0 Å². The Labute approximate surface area is 144 Å². The topological polar surface area (TPSA) is 78.4 Å². The third-order valence-electron chi connectivity index (χ3n) is 2.95. The van der Waals surface area contributed by atoms with E-state index in [1.54, 1.807) is 13.8 Å². The molecule has 0 rings (SSSR count). The molecule has 0 aliphatic carbocycles. The molecular formula is C13H27ClN2O3S2. The van der Waals surface area contributed by atoms with Crippen LogP contribution in [0.25, 0.3) is 0 Å². The molecule has 0 radical (unpaired) electrons. The minimum Gasteiger partial charge on any atom is -0.396 e. The van der Waals surface area contributed by atoms with E-state index in [0.29, 0.717) is 12.3 Å². The molecule has 1 atom stereocenters. The molecule has 0 aromatic carbocycles. The first kappa shape index (κ1) is 23.2. The van der Waals surface area contributed by atoms with Gasteiger partial charge in [-0.1, -0.05) is 13.8 Å². The summed E-state index contributed by atoms with van der Waals surface area (Å²) in [4.78, 5) is 23.9. The monoisotopic (exact) mass is 358 g/mol. The number of hydrogen-bond acceptors (Lipinski definition) is 5. The van der Waals surface area contributed by atoms with Gasteiger partial charge in [-0.15, -0.1) is 12.4 Å². The molecule has 0 aromatic rings. The van der Waals surface area contributed by atoms with Crippen LogP contribution in [0.5, 0.6) is 0 Å². The zero-order chi connectivity index (χ0) is 15.6. The first-order valence-corrected chi connectivity index (χ1v) is 8.06. The van der Waals surface area contributed by atoms with Gasteiger partial charge in [-0.25, -0.2) is 0 Å². The predicted molar refractivity (Wildman–Crippen MR) is 94.6 cm³/mol. The molecular weight excluding hydrogens is 332 g/mol. The van der Waals surface area contributed by atoms with Gasteiger partial charge < -0.3 is 15.7 Å². The molecule has 8 heteroatoms. The van der Waals surface area contributed by atoms with E-state index in [1.165, 1.54) is 0 Å². The van der Waals surface area contributed by atoms with Crippen LogP contribution in [0.15, 0.2) is 0 Å². The Bertz CT molecular complexity index is 318. The summed E-state index contributed by atoms with van der Waals surface area (Å²) in [6.45, 7) is 4.26. The zero-order valence-corrected chi connectivity index (χ0v) is 15.2. The Hall–Kier alpha value is -0.110. The molecule has 2 amide bonds. The number of unbranched alkanes of at least 4 members (excludes halogenated alkanes) is 2. The van der Waals surface area contributed by atoms with Crippen LogP contribution in [-0.2, 0) is 9.59 Å². The number of amides is 2. The number of nitrogens with one attached hydrogen (secondary N) is 2. The van der Waals surface area contributed by atoms with Crippen molar-refractivity contribution in [3.63, 3.8) is 0 Å². The molecule has 0 bridgehead atoms. The van der Waals surface area contributed by atoms with Crippen LogP contribution < -0.4 is 10.6 Å². The van der Waals surface area contributed by atoms with Gasteiger partial charge in [-0.3, -0.25) is 9.59 Å². The van der Waals surface area contributed by atoms with Gasteiger partial charge in [0, 0.05) is 24.7 Å². The minimum absolute atomic E-state index is 0. The summed E-state index contributed by atoms with van der Waals surface area (Å²) in [6.07, 6.45) is 2.40. The fourth-order valence-corrected chi connectivity index (χ4v) is 1.77. The average Bonchev–Trinajstić information content (AvgIpc) is 2.43. The van der Waals surface area contributed by atoms with Crippen molar-refractivity contribution in [2.45, 2.75) is 39.2 Å². The van der Waals surface area contributed by atoms with Gasteiger partial charge in [0.2, 0.25) is 11.8 Å². The van der Waals surface area contributed by atoms with E-state index in [-0.39, 0.29) is 36.6 Å². The second-order valence-corrected chi connectivity index (χ2v) is 6.01. The largest absolute Gasteiger partial charge is 0.396 e. The van der Waals surface area contributed by atoms with E-state index in [2.05, 4.69) is 35.9 Å². The maximum absolute atomic E-state index is 12.0. The Morgan fingerprint density at radius 1 is 1.19 bits per heavy atom. The first-order chi connectivity index (χ1) is 9.38. The summed E-state index contributed by atoms with van der Waals surface area (Å²) < 4.78 is 0. The molecule has 0 heterocycles. The lowest BCUT2D eigenvalue weighted by molar-refractivity contribution is -0.132. The van der Waals surface area contributed by atoms with E-state index in [4.69, 9.17) is 5.11 Å². The summed E-state index contributed by atoms with van der Waals surface area (Å²) in [5, 5.41) is 14.1. The van der Waals surface area contributed by atoms with Gasteiger partial charge in [-0.05, 0) is 19.3 Å². The molecule has 0 aromatic heterocycles. The fraction of sp³-hybridized carbons (Fsp3) is 0.846. The normalized spacial score (nSPS) is 12.2. The quantitative estimate of drug-likeness (QED) is 0.299. The number of rotatable bonds is 10. The van der Waals surface area contributed by atoms with Crippen molar-refractivity contribution >= 4 is 49.5 Å². The van der Waals surface area contributed by atoms with Gasteiger partial charge in [-0.2, -0.15) is 25.3 Å². The molecule has 5 nitrogen and oxygen atoms in total. The fourth-order valence-electron chi connectivity index (χ4n) is 1.37. The van der Waals surface area contributed by atoms with Crippen molar-refractivity contribution in [1.29, 1.82) is 0 Å². The smallest absolute Gasteiger partial charge is 0.243 e. The molecule has 0 saturated heterocycles. The number of hydrogen-bond donors (Lipinski definition) is 5. The van der Waals surface area contributed by atoms with Crippen LogP contribution in [0.3, 0.4) is 0 Å². The third-order valence-corrected chi connectivity index (χ3v) is 4.10. The van der Waals surface area contributed by atoms with Crippen molar-refractivity contribution < 1.29 is 14.7 Å². The van der Waals surface area contributed by atoms with Crippen molar-refractivity contribution in [1.82, 2.24) is 10.6 Å². The van der Waals surface area contributed by atoms with E-state index in [9.17, 15) is 9.59 Å². The summed E-state index contributed by atoms with van der Waals surface area (Å²) >= 11 is 8.24. The highest BCUT2D eigenvalue weighted by Gasteiger charge is 2.29. The van der Waals surface area contributed by atoms with Gasteiger partial charge >= 0.3 is 0 Å². The molecule has 21 heavy (non-hydrogen) atoms. The summed E-state index contributed by atoms with van der Waals surface area (Å²) in [6, 6.07) is -0.636. The Morgan fingerprint density at radius 3 is 2.29 bits per heavy atom. The number of aliphatic hydroxyl groups is 1. The van der Waals surface area contributed by atoms with Crippen LogP contribution in [0, 0.1) is 5.41 Å². The first-order valence-electron chi connectivity index (χ1n) is 6.80. The molecule has 0 aliphatic heterocycles. The van der Waals surface area contributed by atoms with Crippen LogP contribution in [0.1, 0.15) is 33.1 Å². The molecule has 0 unspecified atom stereocenters. The maximum atomic E-state index is 12.0. The van der Waals surface area contributed by atoms with Crippen LogP contribution in [-0.4, -0.2) is 47.6 Å². The second kappa shape index (κ2) is 12.4. The summed E-state index contributed by atoms with van der Waals surface area (Å²) in [7, 11) is 0. The number of carbonyl (C=O) groups is 2. The van der Waals surface area contributed by atoms with Crippen LogP contribution in [0.4, 0.5) is 0 Å². The average molecular weight is 359 g/mol. The number of halogens is 1. The lowest BCUT2D eigenvalue weighted by Gasteiger charge is -2.24. The van der Waals surface area contributed by atoms with E-state index in [0.717, 1.165) is 19.3 Å². The maximum Gasteiger partial charge on any atom is 0.243 e. The van der Waals surface area contributed by atoms with Crippen molar-refractivity contribution in [2.75, 3.05) is 24.7 Å². The summed E-state index contributed by atoms with van der Waals surface area (Å²) in [5.41, 5.74) is -0.619. The lowest BCUT2D eigenvalue weighted by atomic mass is 9.95. The SMILES string of the molecule is CC(C)(CS)C(=O)N[C@@H](CS)C(=O)NCCCCCO.Cl. The van der Waals surface area contributed by atoms with Gasteiger partial charge in [0.25, 0.3) is 0 Å². The van der Waals surface area contributed by atoms with Crippen molar-refractivity contribution in [3.8, 4) is 0 Å². The lowest BCUT2D eigenvalue weighted by Crippen LogP contribution is -2.52. The Kier molecular flexibility index (Phi) is 13.7. The molecule has 126 valence electrons.